The van der Waals surface area contributed by atoms with E-state index < -0.39 is 33.3 Å². The van der Waals surface area contributed by atoms with E-state index in [1.54, 1.807) is 30.2 Å². The van der Waals surface area contributed by atoms with Gasteiger partial charge < -0.3 is 24.6 Å². The SMILES string of the molecule is COc1ccc2c3c(n(C)c2c1)[C@H](CO)N(C(=O)Nc1ccc(F)cc1)CC31CN(S(=O)(=O)c2cccc(C)c2)C1. The summed E-state index contributed by atoms with van der Waals surface area (Å²) in [7, 11) is -0.307. The number of aliphatic hydroxyl groups excluding tert-OH is 1. The minimum Gasteiger partial charge on any atom is -0.497 e. The Labute approximate surface area is 237 Å². The topological polar surface area (TPSA) is 104 Å². The van der Waals surface area contributed by atoms with Crippen molar-refractivity contribution in [2.45, 2.75) is 23.3 Å². The van der Waals surface area contributed by atoms with E-state index in [1.165, 1.54) is 28.6 Å². The number of rotatable bonds is 5. The Morgan fingerprint density at radius 3 is 2.49 bits per heavy atom. The number of aromatic nitrogens is 1. The van der Waals surface area contributed by atoms with Crippen molar-refractivity contribution in [1.82, 2.24) is 13.8 Å². The first kappa shape index (κ1) is 27.3. The number of aliphatic hydroxyl groups is 1. The molecule has 1 atom stereocenters. The van der Waals surface area contributed by atoms with Gasteiger partial charge in [-0.25, -0.2) is 17.6 Å². The highest BCUT2D eigenvalue weighted by molar-refractivity contribution is 7.89. The first-order valence-corrected chi connectivity index (χ1v) is 14.7. The van der Waals surface area contributed by atoms with Gasteiger partial charge in [-0.2, -0.15) is 4.31 Å². The fourth-order valence-electron chi connectivity index (χ4n) is 6.28. The third-order valence-electron chi connectivity index (χ3n) is 8.26. The number of halogens is 1. The molecular weight excluding hydrogens is 547 g/mol. The summed E-state index contributed by atoms with van der Waals surface area (Å²) in [5.74, 6) is 0.237. The van der Waals surface area contributed by atoms with Crippen LogP contribution in [-0.2, 0) is 22.5 Å². The minimum absolute atomic E-state index is 0.167. The van der Waals surface area contributed by atoms with Crippen LogP contribution in [-0.4, -0.2) is 66.7 Å². The molecule has 2 aliphatic heterocycles. The van der Waals surface area contributed by atoms with E-state index in [4.69, 9.17) is 4.74 Å². The number of nitrogens with one attached hydrogen (secondary N) is 1. The van der Waals surface area contributed by atoms with Crippen LogP contribution in [0, 0.1) is 12.7 Å². The van der Waals surface area contributed by atoms with Gasteiger partial charge >= 0.3 is 6.03 Å². The minimum atomic E-state index is -3.77. The number of carbonyl (C=O) groups excluding carboxylic acids is 1. The number of methoxy groups -OCH3 is 1. The Kier molecular flexibility index (Phi) is 6.55. The molecule has 2 aliphatic rings. The number of amides is 2. The van der Waals surface area contributed by atoms with E-state index in [1.807, 2.05) is 42.8 Å². The number of hydrogen-bond acceptors (Lipinski definition) is 5. The Balaban J connectivity index is 1.44. The summed E-state index contributed by atoms with van der Waals surface area (Å²) in [5, 5.41) is 14.3. The second-order valence-electron chi connectivity index (χ2n) is 10.8. The normalized spacial score (nSPS) is 18.3. The van der Waals surface area contributed by atoms with Gasteiger partial charge in [0.15, 0.2) is 0 Å². The largest absolute Gasteiger partial charge is 0.497 e. The molecule has 3 aromatic carbocycles. The Morgan fingerprint density at radius 2 is 1.83 bits per heavy atom. The Bertz CT molecular complexity index is 1760. The standard InChI is InChI=1S/C30H31FN4O5S/c1-19-5-4-6-23(13-19)41(38,39)34-16-30(17-34)18-35(29(37)32-21-9-7-20(31)8-10-21)26(15-36)28-27(30)24-12-11-22(40-3)14-25(24)33(28)2/h4-14,26,36H,15-18H2,1-3H3,(H,32,37)/t26-/m0/s1. The van der Waals surface area contributed by atoms with Crippen LogP contribution < -0.4 is 10.1 Å². The summed E-state index contributed by atoms with van der Waals surface area (Å²) >= 11 is 0. The first-order chi connectivity index (χ1) is 19.6. The number of hydrogen-bond donors (Lipinski definition) is 2. The highest BCUT2D eigenvalue weighted by atomic mass is 32.2. The van der Waals surface area contributed by atoms with Crippen LogP contribution in [0.1, 0.15) is 22.9 Å². The van der Waals surface area contributed by atoms with Gasteiger partial charge in [0.2, 0.25) is 10.0 Å². The molecule has 0 aliphatic carbocycles. The van der Waals surface area contributed by atoms with E-state index in [-0.39, 0.29) is 31.1 Å². The zero-order chi connectivity index (χ0) is 29.1. The van der Waals surface area contributed by atoms with E-state index in [0.29, 0.717) is 11.4 Å². The number of benzene rings is 3. The number of nitrogens with zero attached hydrogens (tertiary/aromatic N) is 3. The maximum absolute atomic E-state index is 13.7. The molecule has 4 aromatic rings. The van der Waals surface area contributed by atoms with Gasteiger partial charge in [-0.3, -0.25) is 0 Å². The predicted octanol–water partition coefficient (Wildman–Crippen LogP) is 4.16. The van der Waals surface area contributed by atoms with Crippen LogP contribution in [0.3, 0.4) is 0 Å². The van der Waals surface area contributed by atoms with Crippen molar-refractivity contribution >= 4 is 32.6 Å². The lowest BCUT2D eigenvalue weighted by Crippen LogP contribution is -2.68. The number of urea groups is 1. The van der Waals surface area contributed by atoms with Crippen molar-refractivity contribution in [3.8, 4) is 5.75 Å². The van der Waals surface area contributed by atoms with Crippen molar-refractivity contribution in [2.75, 3.05) is 38.7 Å². The summed E-state index contributed by atoms with van der Waals surface area (Å²) in [6.45, 7) is 2.02. The molecule has 1 spiro atoms. The monoisotopic (exact) mass is 578 g/mol. The van der Waals surface area contributed by atoms with Gasteiger partial charge in [-0.15, -0.1) is 0 Å². The molecule has 1 saturated heterocycles. The molecule has 2 N–H and O–H groups in total. The zero-order valence-corrected chi connectivity index (χ0v) is 23.8. The molecule has 214 valence electrons. The molecule has 2 amide bonds. The van der Waals surface area contributed by atoms with Gasteiger partial charge in [0.25, 0.3) is 0 Å². The number of anilines is 1. The van der Waals surface area contributed by atoms with Crippen LogP contribution in [0.4, 0.5) is 14.9 Å². The smallest absolute Gasteiger partial charge is 0.322 e. The number of carbonyl (C=O) groups is 1. The summed E-state index contributed by atoms with van der Waals surface area (Å²) in [4.78, 5) is 15.5. The van der Waals surface area contributed by atoms with Crippen LogP contribution in [0.15, 0.2) is 71.6 Å². The number of sulfonamides is 1. The lowest BCUT2D eigenvalue weighted by molar-refractivity contribution is 0.0535. The van der Waals surface area contributed by atoms with Crippen LogP contribution in [0.2, 0.25) is 0 Å². The molecule has 1 aromatic heterocycles. The molecule has 0 radical (unpaired) electrons. The van der Waals surface area contributed by atoms with Crippen LogP contribution in [0.25, 0.3) is 10.9 Å². The maximum Gasteiger partial charge on any atom is 0.322 e. The summed E-state index contributed by atoms with van der Waals surface area (Å²) < 4.78 is 49.5. The van der Waals surface area contributed by atoms with Gasteiger partial charge in [0.05, 0.1) is 30.2 Å². The third kappa shape index (κ3) is 4.35. The van der Waals surface area contributed by atoms with E-state index in [0.717, 1.165) is 27.7 Å². The average molecular weight is 579 g/mol. The lowest BCUT2D eigenvalue weighted by atomic mass is 9.70. The quantitative estimate of drug-likeness (QED) is 0.370. The second-order valence-corrected chi connectivity index (χ2v) is 12.8. The molecule has 41 heavy (non-hydrogen) atoms. The van der Waals surface area contributed by atoms with Crippen molar-refractivity contribution in [2.24, 2.45) is 7.05 Å². The van der Waals surface area contributed by atoms with Crippen molar-refractivity contribution in [3.63, 3.8) is 0 Å². The predicted molar refractivity (Wildman–Crippen MR) is 153 cm³/mol. The zero-order valence-electron chi connectivity index (χ0n) is 23.0. The van der Waals surface area contributed by atoms with E-state index >= 15 is 0 Å². The highest BCUT2D eigenvalue weighted by Gasteiger charge is 2.57. The van der Waals surface area contributed by atoms with Crippen LogP contribution >= 0.6 is 0 Å². The van der Waals surface area contributed by atoms with Gasteiger partial charge in [-0.05, 0) is 66.6 Å². The lowest BCUT2D eigenvalue weighted by Gasteiger charge is -2.55. The number of ether oxygens (including phenoxy) is 1. The van der Waals surface area contributed by atoms with Gasteiger partial charge in [-0.1, -0.05) is 12.1 Å². The average Bonchev–Trinajstić information content (AvgIpc) is 3.24. The molecular formula is C30H31FN4O5S. The van der Waals surface area contributed by atoms with E-state index in [2.05, 4.69) is 5.32 Å². The van der Waals surface area contributed by atoms with Crippen molar-refractivity contribution < 1.29 is 27.4 Å². The Morgan fingerprint density at radius 1 is 1.10 bits per heavy atom. The van der Waals surface area contributed by atoms with Crippen LogP contribution in [0.5, 0.6) is 5.75 Å². The van der Waals surface area contributed by atoms with Gasteiger partial charge in [0, 0.05) is 54.9 Å². The van der Waals surface area contributed by atoms with Gasteiger partial charge in [0.1, 0.15) is 11.6 Å². The second kappa shape index (κ2) is 9.86. The summed E-state index contributed by atoms with van der Waals surface area (Å²) in [6, 6.07) is 16.8. The fourth-order valence-corrected chi connectivity index (χ4v) is 8.00. The summed E-state index contributed by atoms with van der Waals surface area (Å²) in [5.41, 5.74) is 3.06. The van der Waals surface area contributed by atoms with Crippen molar-refractivity contribution in [1.29, 1.82) is 0 Å². The fraction of sp³-hybridized carbons (Fsp3) is 0.300. The summed E-state index contributed by atoms with van der Waals surface area (Å²) in [6.07, 6.45) is 0. The number of fused-ring (bicyclic) bond motifs is 4. The Hall–Kier alpha value is -3.93. The molecule has 9 nitrogen and oxygen atoms in total. The molecule has 0 saturated carbocycles. The molecule has 3 heterocycles. The third-order valence-corrected chi connectivity index (χ3v) is 10.1. The first-order valence-electron chi connectivity index (χ1n) is 13.3. The highest BCUT2D eigenvalue weighted by Crippen LogP contribution is 2.50. The molecule has 11 heteroatoms. The van der Waals surface area contributed by atoms with Crippen molar-refractivity contribution in [3.05, 3.63) is 89.4 Å². The molecule has 0 bridgehead atoms. The molecule has 6 rings (SSSR count). The number of aryl methyl sites for hydroxylation is 2. The molecule has 0 unspecified atom stereocenters. The van der Waals surface area contributed by atoms with E-state index in [9.17, 15) is 22.7 Å². The maximum atomic E-state index is 13.7. The molecule has 1 fully saturated rings.